The molecule has 1 atom stereocenters. The zero-order chi connectivity index (χ0) is 28.7. The van der Waals surface area contributed by atoms with E-state index in [-0.39, 0.29) is 0 Å². The van der Waals surface area contributed by atoms with Gasteiger partial charge in [0.05, 0.1) is 7.11 Å². The van der Waals surface area contributed by atoms with Crippen molar-refractivity contribution in [3.8, 4) is 33.8 Å². The predicted molar refractivity (Wildman–Crippen MR) is 171 cm³/mol. The molecule has 1 heterocycles. The number of rotatable bonds is 7. The average Bonchev–Trinajstić information content (AvgIpc) is 3.52. The Labute approximate surface area is 260 Å². The van der Waals surface area contributed by atoms with Gasteiger partial charge < -0.3 is 4.74 Å². The van der Waals surface area contributed by atoms with Crippen molar-refractivity contribution in [3.05, 3.63) is 122 Å². The first kappa shape index (κ1) is 28.1. The first-order chi connectivity index (χ1) is 19.9. The van der Waals surface area contributed by atoms with Crippen LogP contribution in [0.1, 0.15) is 28.4 Å². The standard InChI is InChI=1S/C33H25Cl3N2O2Se/c1-40-25-10-3-19(4-11-25)33-20(17-38(37-33)24-8-5-21(34)6-9-24)13-27-28-14-22(35)7-12-26(28)32-29(27)15-23(36)16-30(32)31(39)18-41-2/h3-17,31,39H,18H2,1-2H3. The molecule has 1 aliphatic carbocycles. The number of benzene rings is 4. The van der Waals surface area contributed by atoms with E-state index in [0.717, 1.165) is 61.6 Å². The van der Waals surface area contributed by atoms with Gasteiger partial charge in [-0.15, -0.1) is 0 Å². The third-order valence-corrected chi connectivity index (χ3v) is 9.21. The van der Waals surface area contributed by atoms with Crippen molar-refractivity contribution >= 4 is 61.4 Å². The molecule has 1 N–H and O–H groups in total. The Kier molecular flexibility index (Phi) is 8.02. The minimum absolute atomic E-state index is 0.304. The quantitative estimate of drug-likeness (QED) is 0.173. The van der Waals surface area contributed by atoms with Crippen LogP contribution in [0.25, 0.3) is 39.7 Å². The van der Waals surface area contributed by atoms with Crippen LogP contribution in [-0.2, 0) is 0 Å². The van der Waals surface area contributed by atoms with Crippen LogP contribution in [0.2, 0.25) is 26.2 Å². The van der Waals surface area contributed by atoms with E-state index in [0.29, 0.717) is 35.3 Å². The van der Waals surface area contributed by atoms with Gasteiger partial charge in [-0.2, -0.15) is 0 Å². The van der Waals surface area contributed by atoms with Crippen LogP contribution in [0.4, 0.5) is 0 Å². The molecule has 4 nitrogen and oxygen atoms in total. The molecular weight excluding hydrogens is 642 g/mol. The van der Waals surface area contributed by atoms with Crippen molar-refractivity contribution in [2.75, 3.05) is 7.11 Å². The zero-order valence-electron chi connectivity index (χ0n) is 22.2. The molecule has 0 amide bonds. The number of fused-ring (bicyclic) bond motifs is 3. The molecule has 0 aliphatic heterocycles. The van der Waals surface area contributed by atoms with E-state index in [2.05, 4.69) is 11.9 Å². The first-order valence-electron chi connectivity index (χ1n) is 12.9. The van der Waals surface area contributed by atoms with Crippen LogP contribution < -0.4 is 4.74 Å². The fraction of sp³-hybridized carbons (Fsp3) is 0.121. The Morgan fingerprint density at radius 1 is 0.878 bits per heavy atom. The van der Waals surface area contributed by atoms with Crippen LogP contribution in [0, 0.1) is 0 Å². The summed E-state index contributed by atoms with van der Waals surface area (Å²) in [5.74, 6) is 2.90. The summed E-state index contributed by atoms with van der Waals surface area (Å²) in [6.07, 6.45) is 3.55. The molecule has 4 aromatic carbocycles. The molecule has 206 valence electrons. The second kappa shape index (κ2) is 11.7. The maximum absolute atomic E-state index is 11.1. The molecule has 0 bridgehead atoms. The third-order valence-electron chi connectivity index (χ3n) is 7.15. The molecule has 1 aliphatic rings. The number of aliphatic hydroxyl groups excluding tert-OH is 1. The van der Waals surface area contributed by atoms with Gasteiger partial charge in [0.25, 0.3) is 0 Å². The Morgan fingerprint density at radius 2 is 1.59 bits per heavy atom. The monoisotopic (exact) mass is 666 g/mol. The molecule has 5 aromatic rings. The van der Waals surface area contributed by atoms with Crippen LogP contribution in [0.15, 0.2) is 85.1 Å². The molecule has 0 spiro atoms. The first-order valence-corrected chi connectivity index (χ1v) is 16.9. The van der Waals surface area contributed by atoms with Gasteiger partial charge in [-0.25, -0.2) is 0 Å². The van der Waals surface area contributed by atoms with Crippen molar-refractivity contribution in [3.63, 3.8) is 0 Å². The fourth-order valence-electron chi connectivity index (χ4n) is 5.26. The molecule has 41 heavy (non-hydrogen) atoms. The van der Waals surface area contributed by atoms with Crippen molar-refractivity contribution in [2.45, 2.75) is 17.2 Å². The summed E-state index contributed by atoms with van der Waals surface area (Å²) in [6, 6.07) is 25.2. The Balaban J connectivity index is 1.59. The number of nitrogens with zero attached hydrogens (tertiary/aromatic N) is 2. The van der Waals surface area contributed by atoms with Crippen molar-refractivity contribution < 1.29 is 9.84 Å². The van der Waals surface area contributed by atoms with Crippen LogP contribution in [0.3, 0.4) is 0 Å². The van der Waals surface area contributed by atoms with Crippen LogP contribution >= 0.6 is 34.8 Å². The Morgan fingerprint density at radius 3 is 2.29 bits per heavy atom. The van der Waals surface area contributed by atoms with Gasteiger partial charge >= 0.3 is 215 Å². The molecule has 0 fully saturated rings. The summed E-state index contributed by atoms with van der Waals surface area (Å²) in [5, 5.41) is 18.7. The second-order valence-corrected chi connectivity index (χ2v) is 12.9. The van der Waals surface area contributed by atoms with Crippen LogP contribution in [0.5, 0.6) is 5.75 Å². The van der Waals surface area contributed by atoms with E-state index in [1.807, 2.05) is 89.7 Å². The Hall–Kier alpha value is -3.02. The molecule has 1 unspecified atom stereocenters. The Bertz CT molecular complexity index is 1780. The van der Waals surface area contributed by atoms with Crippen LogP contribution in [-0.4, -0.2) is 37.0 Å². The maximum atomic E-state index is 11.1. The summed E-state index contributed by atoms with van der Waals surface area (Å²) in [7, 11) is 1.65. The van der Waals surface area contributed by atoms with Gasteiger partial charge in [0.1, 0.15) is 5.75 Å². The van der Waals surface area contributed by atoms with Crippen molar-refractivity contribution in [1.29, 1.82) is 0 Å². The van der Waals surface area contributed by atoms with E-state index >= 15 is 0 Å². The van der Waals surface area contributed by atoms with Crippen molar-refractivity contribution in [1.82, 2.24) is 9.78 Å². The molecule has 0 saturated carbocycles. The molecule has 0 radical (unpaired) electrons. The summed E-state index contributed by atoms with van der Waals surface area (Å²) in [5.41, 5.74) is 9.36. The topological polar surface area (TPSA) is 47.3 Å². The molecule has 0 saturated heterocycles. The number of hydrogen-bond acceptors (Lipinski definition) is 3. The normalized spacial score (nSPS) is 13.8. The third kappa shape index (κ3) is 5.47. The summed E-state index contributed by atoms with van der Waals surface area (Å²) >= 11 is 19.7. The van der Waals surface area contributed by atoms with Gasteiger partial charge in [0.2, 0.25) is 0 Å². The van der Waals surface area contributed by atoms with Gasteiger partial charge in [0, 0.05) is 5.02 Å². The second-order valence-electron chi connectivity index (χ2n) is 9.72. The van der Waals surface area contributed by atoms with Gasteiger partial charge in [-0.05, 0) is 12.1 Å². The fourth-order valence-corrected chi connectivity index (χ4v) is 6.82. The molecule has 8 heteroatoms. The van der Waals surface area contributed by atoms with E-state index < -0.39 is 6.10 Å². The van der Waals surface area contributed by atoms with Gasteiger partial charge in [-0.3, -0.25) is 0 Å². The summed E-state index contributed by atoms with van der Waals surface area (Å²) in [4.78, 5) is 0. The summed E-state index contributed by atoms with van der Waals surface area (Å²) < 4.78 is 7.24. The van der Waals surface area contributed by atoms with E-state index in [1.54, 1.807) is 7.11 Å². The SMILES string of the molecule is COc1ccc(-c2nn(-c3ccc(Cl)cc3)cc2C=C2c3cc(Cl)ccc3-c3c2cc(Cl)cc3C(O)C[Se]C)cc1. The number of hydrogen-bond donors (Lipinski definition) is 1. The minimum atomic E-state index is -0.599. The van der Waals surface area contributed by atoms with Gasteiger partial charge in [0.15, 0.2) is 0 Å². The number of ether oxygens (including phenoxy) is 1. The number of aliphatic hydroxyl groups is 1. The zero-order valence-corrected chi connectivity index (χ0v) is 26.2. The molecular formula is C33H25Cl3N2O2Se. The van der Waals surface area contributed by atoms with Gasteiger partial charge in [-0.1, -0.05) is 11.6 Å². The number of aromatic nitrogens is 2. The average molecular weight is 667 g/mol. The molecule has 1 aromatic heterocycles. The predicted octanol–water partition coefficient (Wildman–Crippen LogP) is 9.28. The summed E-state index contributed by atoms with van der Waals surface area (Å²) in [6.45, 7) is 0. The van der Waals surface area contributed by atoms with E-state index in [4.69, 9.17) is 44.6 Å². The number of methoxy groups -OCH3 is 1. The molecule has 6 rings (SSSR count). The van der Waals surface area contributed by atoms with E-state index in [9.17, 15) is 5.11 Å². The number of halogens is 3. The van der Waals surface area contributed by atoms with Crippen molar-refractivity contribution in [2.24, 2.45) is 0 Å². The van der Waals surface area contributed by atoms with E-state index in [1.165, 1.54) is 0 Å².